The van der Waals surface area contributed by atoms with E-state index >= 15 is 0 Å². The van der Waals surface area contributed by atoms with Gasteiger partial charge < -0.3 is 9.47 Å². The third-order valence-electron chi connectivity index (χ3n) is 3.69. The fourth-order valence-corrected chi connectivity index (χ4v) is 3.44. The number of rotatable bonds is 6. The number of methoxy groups -OCH3 is 1. The molecule has 1 fully saturated rings. The molecule has 0 radical (unpaired) electrons. The molecule has 1 saturated heterocycles. The normalized spacial score (nSPS) is 17.1. The Morgan fingerprint density at radius 2 is 2.12 bits per heavy atom. The predicted molar refractivity (Wildman–Crippen MR) is 99.2 cm³/mol. The van der Waals surface area contributed by atoms with Gasteiger partial charge in [0.15, 0.2) is 6.61 Å². The second-order valence-corrected chi connectivity index (χ2v) is 7.26. The fraction of sp³-hybridized carbons (Fsp3) is 0.353. The molecule has 0 aliphatic carbocycles. The Balaban J connectivity index is 2.30. The molecule has 2 rings (SSSR count). The summed E-state index contributed by atoms with van der Waals surface area (Å²) in [5.41, 5.74) is 0.591. The molecule has 0 unspecified atom stereocenters. The maximum Gasteiger partial charge on any atom is 0.343 e. The lowest BCUT2D eigenvalue weighted by molar-refractivity contribution is -0.142. The largest absolute Gasteiger partial charge is 0.481 e. The molecule has 0 aromatic heterocycles. The summed E-state index contributed by atoms with van der Waals surface area (Å²) in [7, 11) is 1.28. The summed E-state index contributed by atoms with van der Waals surface area (Å²) < 4.78 is 10.8. The molecule has 8 heteroatoms. The highest BCUT2D eigenvalue weighted by Crippen LogP contribution is 2.36. The van der Waals surface area contributed by atoms with Crippen LogP contribution in [0.4, 0.5) is 4.79 Å². The Bertz CT molecular complexity index is 734. The quantitative estimate of drug-likeness (QED) is 0.507. The third kappa shape index (κ3) is 4.64. The van der Waals surface area contributed by atoms with Crippen molar-refractivity contribution in [1.82, 2.24) is 4.90 Å². The van der Waals surface area contributed by atoms with E-state index < -0.39 is 5.97 Å². The van der Waals surface area contributed by atoms with Crippen molar-refractivity contribution in [1.29, 1.82) is 0 Å². The van der Waals surface area contributed by atoms with Crippen LogP contribution in [-0.4, -0.2) is 41.8 Å². The number of ether oxygens (including phenoxy) is 2. The van der Waals surface area contributed by atoms with Gasteiger partial charge in [-0.15, -0.1) is 0 Å². The van der Waals surface area contributed by atoms with E-state index in [4.69, 9.17) is 4.74 Å². The van der Waals surface area contributed by atoms with Crippen LogP contribution in [0.1, 0.15) is 25.8 Å². The van der Waals surface area contributed by atoms with E-state index in [0.29, 0.717) is 22.6 Å². The summed E-state index contributed by atoms with van der Waals surface area (Å²) in [5.74, 6) is -0.404. The molecule has 25 heavy (non-hydrogen) atoms. The zero-order valence-corrected chi connectivity index (χ0v) is 16.5. The van der Waals surface area contributed by atoms with Crippen molar-refractivity contribution in [2.75, 3.05) is 13.7 Å². The molecule has 1 atom stereocenters. The lowest BCUT2D eigenvalue weighted by Gasteiger charge is -2.19. The van der Waals surface area contributed by atoms with Crippen LogP contribution in [-0.2, 0) is 14.3 Å². The van der Waals surface area contributed by atoms with Gasteiger partial charge in [-0.1, -0.05) is 22.9 Å². The van der Waals surface area contributed by atoms with Crippen LogP contribution in [0.5, 0.6) is 5.75 Å². The molecular formula is C17H18BrNO5S. The zero-order valence-electron chi connectivity index (χ0n) is 14.1. The van der Waals surface area contributed by atoms with Gasteiger partial charge >= 0.3 is 5.97 Å². The van der Waals surface area contributed by atoms with Crippen LogP contribution in [0.3, 0.4) is 0 Å². The second kappa shape index (κ2) is 8.53. The molecule has 0 bridgehead atoms. The molecule has 0 N–H and O–H groups in total. The summed E-state index contributed by atoms with van der Waals surface area (Å²) in [6.45, 7) is 3.52. The smallest absolute Gasteiger partial charge is 0.343 e. The number of carbonyl (C=O) groups is 3. The van der Waals surface area contributed by atoms with Crippen LogP contribution >= 0.6 is 27.7 Å². The average molecular weight is 428 g/mol. The summed E-state index contributed by atoms with van der Waals surface area (Å²) >= 11 is 4.27. The van der Waals surface area contributed by atoms with Crippen LogP contribution in [0.2, 0.25) is 0 Å². The highest BCUT2D eigenvalue weighted by atomic mass is 79.9. The molecule has 1 aliphatic heterocycles. The molecule has 0 spiro atoms. The SMILES string of the molecule is CC[C@@H](C)N1C(=O)S/C(=C\c2cc(Br)ccc2OCC(=O)OC)C1=O. The van der Waals surface area contributed by atoms with E-state index in [9.17, 15) is 14.4 Å². The molecule has 134 valence electrons. The number of nitrogens with zero attached hydrogens (tertiary/aromatic N) is 1. The monoisotopic (exact) mass is 427 g/mol. The highest BCUT2D eigenvalue weighted by Gasteiger charge is 2.37. The number of hydrogen-bond donors (Lipinski definition) is 0. The first-order valence-electron chi connectivity index (χ1n) is 7.63. The highest BCUT2D eigenvalue weighted by molar-refractivity contribution is 9.10. The van der Waals surface area contributed by atoms with Crippen molar-refractivity contribution < 1.29 is 23.9 Å². The van der Waals surface area contributed by atoms with Crippen molar-refractivity contribution >= 4 is 50.9 Å². The number of amides is 2. The molecule has 6 nitrogen and oxygen atoms in total. The predicted octanol–water partition coefficient (Wildman–Crippen LogP) is 3.84. The number of esters is 1. The average Bonchev–Trinajstić information content (AvgIpc) is 2.86. The van der Waals surface area contributed by atoms with Gasteiger partial charge in [-0.25, -0.2) is 4.79 Å². The van der Waals surface area contributed by atoms with E-state index in [-0.39, 0.29) is 23.8 Å². The minimum absolute atomic E-state index is 0.157. The lowest BCUT2D eigenvalue weighted by atomic mass is 10.1. The van der Waals surface area contributed by atoms with E-state index in [1.54, 1.807) is 24.3 Å². The lowest BCUT2D eigenvalue weighted by Crippen LogP contribution is -2.36. The minimum Gasteiger partial charge on any atom is -0.481 e. The number of imide groups is 1. The van der Waals surface area contributed by atoms with Gasteiger partial charge in [0.25, 0.3) is 11.1 Å². The first kappa shape index (κ1) is 19.5. The van der Waals surface area contributed by atoms with Crippen molar-refractivity contribution in [3.63, 3.8) is 0 Å². The first-order valence-corrected chi connectivity index (χ1v) is 9.24. The van der Waals surface area contributed by atoms with Gasteiger partial charge in [0.1, 0.15) is 5.75 Å². The molecule has 2 amide bonds. The number of hydrogen-bond acceptors (Lipinski definition) is 6. The van der Waals surface area contributed by atoms with Crippen molar-refractivity contribution in [3.05, 3.63) is 33.1 Å². The van der Waals surface area contributed by atoms with Gasteiger partial charge in [0.05, 0.1) is 12.0 Å². The number of benzene rings is 1. The van der Waals surface area contributed by atoms with E-state index in [2.05, 4.69) is 20.7 Å². The molecule has 0 saturated carbocycles. The third-order valence-corrected chi connectivity index (χ3v) is 5.06. The van der Waals surface area contributed by atoms with Gasteiger partial charge in [0.2, 0.25) is 0 Å². The number of thioether (sulfide) groups is 1. The molecule has 1 aliphatic rings. The molecular weight excluding hydrogens is 410 g/mol. The maximum atomic E-state index is 12.5. The molecule has 1 aromatic rings. The summed E-state index contributed by atoms with van der Waals surface area (Å²) in [6.07, 6.45) is 2.29. The van der Waals surface area contributed by atoms with Crippen molar-refractivity contribution in [2.24, 2.45) is 0 Å². The minimum atomic E-state index is -0.508. The fourth-order valence-electron chi connectivity index (χ4n) is 2.14. The van der Waals surface area contributed by atoms with Crippen LogP contribution in [0, 0.1) is 0 Å². The van der Waals surface area contributed by atoms with E-state index in [0.717, 1.165) is 16.2 Å². The van der Waals surface area contributed by atoms with Gasteiger partial charge in [0, 0.05) is 16.1 Å². The maximum absolute atomic E-state index is 12.5. The Morgan fingerprint density at radius 3 is 2.76 bits per heavy atom. The Hall–Kier alpha value is -1.80. The summed E-state index contributed by atoms with van der Waals surface area (Å²) in [5, 5.41) is -0.280. The number of carbonyl (C=O) groups excluding carboxylic acids is 3. The Morgan fingerprint density at radius 1 is 1.40 bits per heavy atom. The van der Waals surface area contributed by atoms with Gasteiger partial charge in [-0.3, -0.25) is 14.5 Å². The van der Waals surface area contributed by atoms with E-state index in [1.165, 1.54) is 12.0 Å². The van der Waals surface area contributed by atoms with Crippen LogP contribution < -0.4 is 4.74 Å². The molecule has 1 heterocycles. The standard InChI is InChI=1S/C17H18BrNO5S/c1-4-10(2)19-16(21)14(25-17(19)22)8-11-7-12(18)5-6-13(11)24-9-15(20)23-3/h5-8,10H,4,9H2,1-3H3/b14-8-/t10-/m1/s1. The van der Waals surface area contributed by atoms with Gasteiger partial charge in [-0.05, 0) is 49.4 Å². The van der Waals surface area contributed by atoms with Gasteiger partial charge in [-0.2, -0.15) is 0 Å². The van der Waals surface area contributed by atoms with Crippen molar-refractivity contribution in [2.45, 2.75) is 26.3 Å². The number of halogens is 1. The summed E-state index contributed by atoms with van der Waals surface area (Å²) in [6, 6.07) is 5.03. The molecule has 1 aromatic carbocycles. The van der Waals surface area contributed by atoms with Crippen LogP contribution in [0.15, 0.2) is 27.6 Å². The van der Waals surface area contributed by atoms with Crippen molar-refractivity contribution in [3.8, 4) is 5.75 Å². The zero-order chi connectivity index (χ0) is 18.6. The summed E-state index contributed by atoms with van der Waals surface area (Å²) in [4.78, 5) is 37.5. The second-order valence-electron chi connectivity index (χ2n) is 5.36. The Labute approximate surface area is 158 Å². The topological polar surface area (TPSA) is 72.9 Å². The van der Waals surface area contributed by atoms with E-state index in [1.807, 2.05) is 13.8 Å². The van der Waals surface area contributed by atoms with Crippen LogP contribution in [0.25, 0.3) is 6.08 Å². The Kier molecular flexibility index (Phi) is 6.66. The first-order chi connectivity index (χ1) is 11.9.